The minimum Gasteiger partial charge on any atom is -0.507 e. The molecule has 1 atom stereocenters. The Kier molecular flexibility index (Phi) is 6.56. The van der Waals surface area contributed by atoms with Crippen LogP contribution in [0, 0.1) is 0 Å². The molecule has 25 heavy (non-hydrogen) atoms. The number of carbonyl (C=O) groups excluding carboxylic acids is 1. The fourth-order valence-electron chi connectivity index (χ4n) is 2.54. The van der Waals surface area contributed by atoms with E-state index in [9.17, 15) is 19.8 Å². The summed E-state index contributed by atoms with van der Waals surface area (Å²) in [4.78, 5) is 23.9. The molecule has 140 valence electrons. The topological polar surface area (TPSA) is 86.6 Å². The molecule has 0 heterocycles. The summed E-state index contributed by atoms with van der Waals surface area (Å²) < 4.78 is 0. The molecule has 0 aromatic heterocycles. The van der Waals surface area contributed by atoms with Crippen LogP contribution in [0.2, 0.25) is 0 Å². The first kappa shape index (κ1) is 21.4. The van der Waals surface area contributed by atoms with E-state index in [4.69, 9.17) is 0 Å². The Morgan fingerprint density at radius 1 is 1.08 bits per heavy atom. The van der Waals surface area contributed by atoms with Gasteiger partial charge in [0, 0.05) is 16.7 Å². The lowest BCUT2D eigenvalue weighted by molar-refractivity contribution is -0.139. The second kappa shape index (κ2) is 7.68. The van der Waals surface area contributed by atoms with Gasteiger partial charge in [0.1, 0.15) is 11.8 Å². The molecule has 6 heteroatoms. The molecule has 0 fully saturated rings. The van der Waals surface area contributed by atoms with Gasteiger partial charge in [-0.15, -0.1) is 0 Å². The van der Waals surface area contributed by atoms with E-state index in [2.05, 4.69) is 17.9 Å². The molecule has 0 saturated carbocycles. The van der Waals surface area contributed by atoms with Gasteiger partial charge in [0.25, 0.3) is 5.91 Å². The molecule has 5 nitrogen and oxygen atoms in total. The van der Waals surface area contributed by atoms with E-state index in [1.54, 1.807) is 12.1 Å². The van der Waals surface area contributed by atoms with E-state index in [1.165, 1.54) is 0 Å². The predicted octanol–water partition coefficient (Wildman–Crippen LogP) is 3.49. The number of amides is 1. The summed E-state index contributed by atoms with van der Waals surface area (Å²) in [6, 6.07) is 2.29. The number of phenols is 1. The molecular weight excluding hydrogens is 338 g/mol. The van der Waals surface area contributed by atoms with Crippen LogP contribution in [0.4, 0.5) is 0 Å². The number of phenolic OH excluding ortho intramolecular Hbond substituents is 1. The fraction of sp³-hybridized carbons (Fsp3) is 0.579. The van der Waals surface area contributed by atoms with Crippen molar-refractivity contribution in [2.75, 3.05) is 5.75 Å². The molecule has 1 rings (SSSR count). The summed E-state index contributed by atoms with van der Waals surface area (Å²) in [6.45, 7) is 11.7. The van der Waals surface area contributed by atoms with E-state index in [-0.39, 0.29) is 23.0 Å². The number of aliphatic carboxylic acids is 1. The van der Waals surface area contributed by atoms with Crippen LogP contribution in [-0.4, -0.2) is 33.9 Å². The maximum Gasteiger partial charge on any atom is 0.326 e. The standard InChI is InChI=1S/C19H29NO4S/c1-18(2,3)12-9-11(10-13(15(12)21)19(4,5)6)16(22)20-14(7-8-25)17(23)24/h9-10,14,21,25H,7-8H2,1-6H3,(H,20,22)(H,23,24). The highest BCUT2D eigenvalue weighted by molar-refractivity contribution is 7.80. The summed E-state index contributed by atoms with van der Waals surface area (Å²) in [5.74, 6) is -1.02. The van der Waals surface area contributed by atoms with Crippen molar-refractivity contribution < 1.29 is 19.8 Å². The summed E-state index contributed by atoms with van der Waals surface area (Å²) in [6.07, 6.45) is 0.237. The molecular formula is C19H29NO4S. The second-order valence-electron chi connectivity index (χ2n) is 8.30. The van der Waals surface area contributed by atoms with Gasteiger partial charge in [0.2, 0.25) is 0 Å². The van der Waals surface area contributed by atoms with Gasteiger partial charge in [-0.1, -0.05) is 41.5 Å². The van der Waals surface area contributed by atoms with Crippen molar-refractivity contribution in [1.29, 1.82) is 0 Å². The lowest BCUT2D eigenvalue weighted by Crippen LogP contribution is -2.41. The minimum absolute atomic E-state index is 0.182. The first-order valence-corrected chi connectivity index (χ1v) is 8.94. The predicted molar refractivity (Wildman–Crippen MR) is 103 cm³/mol. The van der Waals surface area contributed by atoms with Crippen molar-refractivity contribution in [3.63, 3.8) is 0 Å². The average Bonchev–Trinajstić information content (AvgIpc) is 2.44. The zero-order valence-electron chi connectivity index (χ0n) is 15.8. The number of thiol groups is 1. The second-order valence-corrected chi connectivity index (χ2v) is 8.74. The van der Waals surface area contributed by atoms with Crippen LogP contribution < -0.4 is 5.32 Å². The van der Waals surface area contributed by atoms with Crippen LogP contribution in [0.15, 0.2) is 12.1 Å². The molecule has 0 aliphatic carbocycles. The van der Waals surface area contributed by atoms with E-state index >= 15 is 0 Å². The van der Waals surface area contributed by atoms with Gasteiger partial charge in [-0.25, -0.2) is 4.79 Å². The highest BCUT2D eigenvalue weighted by atomic mass is 32.1. The number of nitrogens with one attached hydrogen (secondary N) is 1. The highest BCUT2D eigenvalue weighted by Crippen LogP contribution is 2.39. The van der Waals surface area contributed by atoms with Gasteiger partial charge >= 0.3 is 5.97 Å². The molecule has 0 radical (unpaired) electrons. The molecule has 1 unspecified atom stereocenters. The van der Waals surface area contributed by atoms with Crippen molar-refractivity contribution in [3.8, 4) is 5.75 Å². The smallest absolute Gasteiger partial charge is 0.326 e. The van der Waals surface area contributed by atoms with Crippen molar-refractivity contribution >= 4 is 24.5 Å². The summed E-state index contributed by atoms with van der Waals surface area (Å²) in [7, 11) is 0. The Bertz CT molecular complexity index is 621. The third kappa shape index (κ3) is 5.39. The molecule has 1 amide bonds. The van der Waals surface area contributed by atoms with Crippen molar-refractivity contribution in [2.45, 2.75) is 64.8 Å². The molecule has 0 saturated heterocycles. The number of hydrogen-bond acceptors (Lipinski definition) is 4. The van der Waals surface area contributed by atoms with Gasteiger partial charge < -0.3 is 15.5 Å². The Morgan fingerprint density at radius 3 is 1.84 bits per heavy atom. The van der Waals surface area contributed by atoms with E-state index in [1.807, 2.05) is 41.5 Å². The van der Waals surface area contributed by atoms with Gasteiger partial charge in [-0.05, 0) is 35.1 Å². The molecule has 1 aromatic carbocycles. The maximum absolute atomic E-state index is 12.6. The third-order valence-electron chi connectivity index (χ3n) is 4.01. The number of carbonyl (C=O) groups is 2. The molecule has 3 N–H and O–H groups in total. The lowest BCUT2D eigenvalue weighted by Gasteiger charge is -2.28. The number of aromatic hydroxyl groups is 1. The molecule has 0 spiro atoms. The zero-order chi connectivity index (χ0) is 19.6. The summed E-state index contributed by atoms with van der Waals surface area (Å²) >= 11 is 4.04. The number of rotatable bonds is 5. The summed E-state index contributed by atoms with van der Waals surface area (Å²) in [5, 5.41) is 22.4. The van der Waals surface area contributed by atoms with E-state index in [0.717, 1.165) is 0 Å². The average molecular weight is 368 g/mol. The van der Waals surface area contributed by atoms with E-state index < -0.39 is 17.9 Å². The molecule has 0 aliphatic rings. The Hall–Kier alpha value is -1.69. The zero-order valence-corrected chi connectivity index (χ0v) is 16.7. The number of benzene rings is 1. The van der Waals surface area contributed by atoms with Gasteiger partial charge in [0.05, 0.1) is 0 Å². The van der Waals surface area contributed by atoms with Crippen molar-refractivity contribution in [1.82, 2.24) is 5.32 Å². The van der Waals surface area contributed by atoms with E-state index in [0.29, 0.717) is 22.4 Å². The van der Waals surface area contributed by atoms with Crippen LogP contribution in [-0.2, 0) is 15.6 Å². The third-order valence-corrected chi connectivity index (χ3v) is 4.27. The van der Waals surface area contributed by atoms with Gasteiger partial charge in [0.15, 0.2) is 0 Å². The maximum atomic E-state index is 12.6. The van der Waals surface area contributed by atoms with Gasteiger partial charge in [-0.3, -0.25) is 4.79 Å². The number of carboxylic acid groups (broad SMARTS) is 1. The lowest BCUT2D eigenvalue weighted by atomic mass is 9.78. The first-order valence-electron chi connectivity index (χ1n) is 8.31. The SMILES string of the molecule is CC(C)(C)c1cc(C(=O)NC(CCS)C(=O)O)cc(C(C)(C)C)c1O. The van der Waals surface area contributed by atoms with Crippen LogP contribution >= 0.6 is 12.6 Å². The Balaban J connectivity index is 3.40. The molecule has 1 aromatic rings. The Morgan fingerprint density at radius 2 is 1.52 bits per heavy atom. The van der Waals surface area contributed by atoms with Crippen molar-refractivity contribution in [3.05, 3.63) is 28.8 Å². The number of carboxylic acids is 1. The van der Waals surface area contributed by atoms with Crippen LogP contribution in [0.3, 0.4) is 0 Å². The van der Waals surface area contributed by atoms with Crippen LogP contribution in [0.25, 0.3) is 0 Å². The number of hydrogen-bond donors (Lipinski definition) is 4. The normalized spacial score (nSPS) is 13.4. The minimum atomic E-state index is -1.09. The largest absolute Gasteiger partial charge is 0.507 e. The van der Waals surface area contributed by atoms with Crippen molar-refractivity contribution in [2.24, 2.45) is 0 Å². The van der Waals surface area contributed by atoms with Crippen LogP contribution in [0.5, 0.6) is 5.75 Å². The van der Waals surface area contributed by atoms with Crippen LogP contribution in [0.1, 0.15) is 69.4 Å². The first-order chi connectivity index (χ1) is 11.3. The monoisotopic (exact) mass is 367 g/mol. The molecule has 0 aliphatic heterocycles. The van der Waals surface area contributed by atoms with Gasteiger partial charge in [-0.2, -0.15) is 12.6 Å². The quantitative estimate of drug-likeness (QED) is 0.600. The Labute approximate surface area is 155 Å². The molecule has 0 bridgehead atoms. The summed E-state index contributed by atoms with van der Waals surface area (Å²) in [5.41, 5.74) is 0.936. The highest BCUT2D eigenvalue weighted by Gasteiger charge is 2.28. The fourth-order valence-corrected chi connectivity index (χ4v) is 2.80.